The highest BCUT2D eigenvalue weighted by Gasteiger charge is 2.18. The Bertz CT molecular complexity index is 617. The normalized spacial score (nSPS) is 12.0. The van der Waals surface area contributed by atoms with Crippen LogP contribution in [0.15, 0.2) is 54.6 Å². The van der Waals surface area contributed by atoms with Crippen LogP contribution in [0, 0.1) is 5.82 Å². The molecule has 0 aliphatic carbocycles. The standard InChI is InChI=1S/C18H20FNOS/c1-14(22-13-16-10-6-7-11-17(16)19)18(21)20(2)12-15-8-4-3-5-9-15/h3-11,14H,12-13H2,1-2H3. The minimum absolute atomic E-state index is 0.0604. The van der Waals surface area contributed by atoms with Crippen LogP contribution in [0.4, 0.5) is 4.39 Å². The van der Waals surface area contributed by atoms with Crippen molar-refractivity contribution < 1.29 is 9.18 Å². The van der Waals surface area contributed by atoms with Gasteiger partial charge in [-0.25, -0.2) is 4.39 Å². The quantitative estimate of drug-likeness (QED) is 0.799. The van der Waals surface area contributed by atoms with Crippen molar-refractivity contribution in [1.82, 2.24) is 4.90 Å². The molecule has 2 aromatic carbocycles. The SMILES string of the molecule is CC(SCc1ccccc1F)C(=O)N(C)Cc1ccccc1. The van der Waals surface area contributed by atoms with Gasteiger partial charge in [-0.1, -0.05) is 48.5 Å². The molecule has 2 nitrogen and oxygen atoms in total. The van der Waals surface area contributed by atoms with Crippen LogP contribution in [0.1, 0.15) is 18.1 Å². The molecule has 1 atom stereocenters. The van der Waals surface area contributed by atoms with Crippen molar-refractivity contribution in [1.29, 1.82) is 0 Å². The number of thioether (sulfide) groups is 1. The van der Waals surface area contributed by atoms with E-state index < -0.39 is 0 Å². The van der Waals surface area contributed by atoms with E-state index in [1.807, 2.05) is 43.3 Å². The molecule has 2 rings (SSSR count). The Morgan fingerprint density at radius 2 is 1.77 bits per heavy atom. The fourth-order valence-electron chi connectivity index (χ4n) is 2.15. The number of carbonyl (C=O) groups excluding carboxylic acids is 1. The maximum atomic E-state index is 13.6. The Kier molecular flexibility index (Phi) is 6.01. The summed E-state index contributed by atoms with van der Waals surface area (Å²) in [4.78, 5) is 14.1. The minimum atomic E-state index is -0.215. The molecular weight excluding hydrogens is 297 g/mol. The van der Waals surface area contributed by atoms with E-state index in [4.69, 9.17) is 0 Å². The zero-order valence-corrected chi connectivity index (χ0v) is 13.6. The second kappa shape index (κ2) is 7.99. The zero-order valence-electron chi connectivity index (χ0n) is 12.8. The molecule has 0 spiro atoms. The lowest BCUT2D eigenvalue weighted by atomic mass is 10.2. The molecule has 1 unspecified atom stereocenters. The number of halogens is 1. The van der Waals surface area contributed by atoms with E-state index in [0.717, 1.165) is 5.56 Å². The van der Waals surface area contributed by atoms with E-state index in [1.165, 1.54) is 17.8 Å². The molecule has 0 saturated carbocycles. The van der Waals surface area contributed by atoms with Crippen LogP contribution in [0.5, 0.6) is 0 Å². The Labute approximate surface area is 135 Å². The lowest BCUT2D eigenvalue weighted by molar-refractivity contribution is -0.129. The molecule has 0 heterocycles. The largest absolute Gasteiger partial charge is 0.340 e. The monoisotopic (exact) mass is 317 g/mol. The summed E-state index contributed by atoms with van der Waals surface area (Å²) < 4.78 is 13.6. The first-order valence-electron chi connectivity index (χ1n) is 7.22. The zero-order chi connectivity index (χ0) is 15.9. The molecule has 0 saturated heterocycles. The molecule has 2 aromatic rings. The van der Waals surface area contributed by atoms with Crippen LogP contribution in [-0.2, 0) is 17.1 Å². The van der Waals surface area contributed by atoms with Crippen molar-refractivity contribution in [2.24, 2.45) is 0 Å². The maximum absolute atomic E-state index is 13.6. The number of hydrogen-bond donors (Lipinski definition) is 0. The molecule has 0 aromatic heterocycles. The van der Waals surface area contributed by atoms with Gasteiger partial charge in [0.15, 0.2) is 0 Å². The predicted molar refractivity (Wildman–Crippen MR) is 90.1 cm³/mol. The highest BCUT2D eigenvalue weighted by Crippen LogP contribution is 2.21. The number of rotatable bonds is 6. The van der Waals surface area contributed by atoms with E-state index in [2.05, 4.69) is 0 Å². The third kappa shape index (κ3) is 4.60. The third-order valence-electron chi connectivity index (χ3n) is 3.43. The van der Waals surface area contributed by atoms with Gasteiger partial charge < -0.3 is 4.90 Å². The second-order valence-electron chi connectivity index (χ2n) is 5.22. The predicted octanol–water partition coefficient (Wildman–Crippen LogP) is 4.11. The molecule has 4 heteroatoms. The summed E-state index contributed by atoms with van der Waals surface area (Å²) in [5, 5.41) is -0.201. The highest BCUT2D eigenvalue weighted by atomic mass is 32.2. The molecule has 0 N–H and O–H groups in total. The molecule has 22 heavy (non-hydrogen) atoms. The summed E-state index contributed by atoms with van der Waals surface area (Å²) in [5.41, 5.74) is 1.74. The van der Waals surface area contributed by atoms with Crippen LogP contribution in [0.3, 0.4) is 0 Å². The number of carbonyl (C=O) groups is 1. The number of nitrogens with zero attached hydrogens (tertiary/aromatic N) is 1. The molecule has 0 bridgehead atoms. The van der Waals surface area contributed by atoms with Gasteiger partial charge in [0.25, 0.3) is 0 Å². The summed E-state index contributed by atoms with van der Waals surface area (Å²) in [7, 11) is 1.80. The summed E-state index contributed by atoms with van der Waals surface area (Å²) >= 11 is 1.46. The molecule has 1 amide bonds. The third-order valence-corrected chi connectivity index (χ3v) is 4.61. The molecule has 0 fully saturated rings. The van der Waals surface area contributed by atoms with Gasteiger partial charge in [-0.3, -0.25) is 4.79 Å². The van der Waals surface area contributed by atoms with Crippen molar-refractivity contribution in [3.05, 3.63) is 71.5 Å². The van der Waals surface area contributed by atoms with Crippen molar-refractivity contribution in [3.63, 3.8) is 0 Å². The Morgan fingerprint density at radius 1 is 1.14 bits per heavy atom. The van der Waals surface area contributed by atoms with Crippen molar-refractivity contribution in [2.75, 3.05) is 7.05 Å². The van der Waals surface area contributed by atoms with E-state index >= 15 is 0 Å². The van der Waals surface area contributed by atoms with Gasteiger partial charge in [-0.15, -0.1) is 11.8 Å². The van der Waals surface area contributed by atoms with E-state index in [1.54, 1.807) is 24.1 Å². The van der Waals surface area contributed by atoms with Crippen molar-refractivity contribution in [2.45, 2.75) is 24.5 Å². The first kappa shape index (κ1) is 16.6. The topological polar surface area (TPSA) is 20.3 Å². The van der Waals surface area contributed by atoms with Gasteiger partial charge in [0.1, 0.15) is 5.82 Å². The number of benzene rings is 2. The average molecular weight is 317 g/mol. The Balaban J connectivity index is 1.87. The van der Waals surface area contributed by atoms with Crippen LogP contribution in [-0.4, -0.2) is 23.1 Å². The van der Waals surface area contributed by atoms with Crippen LogP contribution >= 0.6 is 11.8 Å². The fraction of sp³-hybridized carbons (Fsp3) is 0.278. The lowest BCUT2D eigenvalue weighted by Gasteiger charge is -2.21. The summed E-state index contributed by atoms with van der Waals surface area (Å²) in [6.07, 6.45) is 0. The van der Waals surface area contributed by atoms with Crippen LogP contribution in [0.2, 0.25) is 0 Å². The summed E-state index contributed by atoms with van der Waals surface area (Å²) in [6.45, 7) is 2.46. The lowest BCUT2D eigenvalue weighted by Crippen LogP contribution is -2.32. The molecule has 0 radical (unpaired) electrons. The number of hydrogen-bond acceptors (Lipinski definition) is 2. The molecule has 116 valence electrons. The van der Waals surface area contributed by atoms with Gasteiger partial charge in [0, 0.05) is 19.3 Å². The molecule has 0 aliphatic rings. The first-order valence-corrected chi connectivity index (χ1v) is 8.26. The van der Waals surface area contributed by atoms with E-state index in [-0.39, 0.29) is 17.0 Å². The van der Waals surface area contributed by atoms with Crippen LogP contribution < -0.4 is 0 Å². The number of amides is 1. The summed E-state index contributed by atoms with van der Waals surface area (Å²) in [6, 6.07) is 16.6. The van der Waals surface area contributed by atoms with E-state index in [9.17, 15) is 9.18 Å². The van der Waals surface area contributed by atoms with Gasteiger partial charge in [0.2, 0.25) is 5.91 Å². The Hall–Kier alpha value is -1.81. The maximum Gasteiger partial charge on any atom is 0.235 e. The fourth-order valence-corrected chi connectivity index (χ4v) is 3.13. The van der Waals surface area contributed by atoms with Crippen molar-refractivity contribution >= 4 is 17.7 Å². The second-order valence-corrected chi connectivity index (χ2v) is 6.55. The Morgan fingerprint density at radius 3 is 2.45 bits per heavy atom. The van der Waals surface area contributed by atoms with Gasteiger partial charge in [0.05, 0.1) is 5.25 Å². The summed E-state index contributed by atoms with van der Waals surface area (Å²) in [5.74, 6) is 0.344. The molecule has 0 aliphatic heterocycles. The first-order chi connectivity index (χ1) is 10.6. The van der Waals surface area contributed by atoms with Crippen molar-refractivity contribution in [3.8, 4) is 0 Å². The average Bonchev–Trinajstić information content (AvgIpc) is 2.54. The smallest absolute Gasteiger partial charge is 0.235 e. The minimum Gasteiger partial charge on any atom is -0.340 e. The van der Waals surface area contributed by atoms with Gasteiger partial charge in [-0.2, -0.15) is 0 Å². The van der Waals surface area contributed by atoms with Gasteiger partial charge in [-0.05, 0) is 24.1 Å². The van der Waals surface area contributed by atoms with Gasteiger partial charge >= 0.3 is 0 Å². The van der Waals surface area contributed by atoms with Crippen LogP contribution in [0.25, 0.3) is 0 Å². The molecular formula is C18H20FNOS. The van der Waals surface area contributed by atoms with E-state index in [0.29, 0.717) is 17.9 Å². The highest BCUT2D eigenvalue weighted by molar-refractivity contribution is 7.99.